The predicted molar refractivity (Wildman–Crippen MR) is 102 cm³/mol. The van der Waals surface area contributed by atoms with E-state index in [-0.39, 0.29) is 30.5 Å². The number of phenols is 1. The second kappa shape index (κ2) is 4.98. The molecular weight excluding hydrogens is 388 g/mol. The number of likely N-dealkylation sites (N-methyl/N-ethyl adjacent to an activating group) is 1. The van der Waals surface area contributed by atoms with Crippen molar-refractivity contribution in [2.75, 3.05) is 26.8 Å². The van der Waals surface area contributed by atoms with E-state index in [4.69, 9.17) is 18.9 Å². The van der Waals surface area contributed by atoms with Crippen LogP contribution in [0.3, 0.4) is 0 Å². The molecule has 2 N–H and O–H groups in total. The molecule has 8 nitrogen and oxygen atoms in total. The quantitative estimate of drug-likeness (QED) is 0.627. The number of hydrogen-bond acceptors (Lipinski definition) is 8. The molecule has 0 amide bonds. The summed E-state index contributed by atoms with van der Waals surface area (Å²) < 4.78 is 25.5. The Morgan fingerprint density at radius 2 is 1.97 bits per heavy atom. The van der Waals surface area contributed by atoms with E-state index < -0.39 is 22.7 Å². The molecule has 1 aromatic carbocycles. The normalized spacial score (nSPS) is 52.5. The molecule has 0 unspecified atom stereocenters. The van der Waals surface area contributed by atoms with E-state index in [1.54, 1.807) is 6.07 Å². The van der Waals surface area contributed by atoms with Crippen molar-refractivity contribution in [1.82, 2.24) is 9.80 Å². The van der Waals surface area contributed by atoms with Gasteiger partial charge in [0.05, 0.1) is 24.2 Å². The molecule has 8 rings (SSSR count). The summed E-state index contributed by atoms with van der Waals surface area (Å²) in [5.74, 6) is 0.695. The minimum absolute atomic E-state index is 0.0273. The van der Waals surface area contributed by atoms with Gasteiger partial charge in [0.15, 0.2) is 11.5 Å². The molecule has 5 fully saturated rings. The van der Waals surface area contributed by atoms with E-state index in [1.165, 1.54) is 5.56 Å². The van der Waals surface area contributed by atoms with Crippen LogP contribution in [0.2, 0.25) is 0 Å². The summed E-state index contributed by atoms with van der Waals surface area (Å²) in [6.45, 7) is 1.94. The van der Waals surface area contributed by atoms with Crippen molar-refractivity contribution in [1.29, 1.82) is 0 Å². The average molecular weight is 414 g/mol. The summed E-state index contributed by atoms with van der Waals surface area (Å²) in [5.41, 5.74) is -0.0231. The molecule has 1 saturated carbocycles. The third-order valence-corrected chi connectivity index (χ3v) is 9.36. The van der Waals surface area contributed by atoms with Crippen LogP contribution in [0.15, 0.2) is 12.1 Å². The Morgan fingerprint density at radius 1 is 1.10 bits per heavy atom. The maximum atomic E-state index is 12.4. The minimum atomic E-state index is -0.924. The molecule has 2 bridgehead atoms. The Kier molecular flexibility index (Phi) is 2.85. The van der Waals surface area contributed by atoms with Gasteiger partial charge in [0, 0.05) is 11.6 Å². The van der Waals surface area contributed by atoms with Crippen LogP contribution in [-0.2, 0) is 26.0 Å². The number of fused-ring (bicyclic) bond motifs is 2. The standard InChI is InChI=1S/C22H26N2O6/c1-23-7-6-20-16-11-2-3-12(25)17(16)29-18(20)21(4-5-22(20,26)13(23)8-11)19-24-14(9-28-19)27-10-15(24)30-21/h2-3,13-15,18-19,25-26H,4-10H2,1H3/t13-,14-,15-,18-,19-,20+,21+,22-/m1/s1. The Labute approximate surface area is 174 Å². The molecule has 2 aliphatic carbocycles. The zero-order valence-electron chi connectivity index (χ0n) is 16.9. The van der Waals surface area contributed by atoms with E-state index in [0.717, 1.165) is 24.9 Å². The Bertz CT molecular complexity index is 989. The smallest absolute Gasteiger partial charge is 0.165 e. The summed E-state index contributed by atoms with van der Waals surface area (Å²) in [7, 11) is 2.11. The number of benzene rings is 1. The van der Waals surface area contributed by atoms with Gasteiger partial charge in [-0.3, -0.25) is 0 Å². The van der Waals surface area contributed by atoms with Crippen molar-refractivity contribution in [3.05, 3.63) is 23.3 Å². The van der Waals surface area contributed by atoms with E-state index in [2.05, 4.69) is 16.8 Å². The fraction of sp³-hybridized carbons (Fsp3) is 0.727. The SMILES string of the molecule is CN1CC[C@]23c4c5ccc(O)c4O[C@H]2[C@]2(CC[C@@]3(O)[C@H]1C5)O[C@@H]1CO[C@@H]3CO[C@H]2N31. The van der Waals surface area contributed by atoms with Crippen molar-refractivity contribution in [3.8, 4) is 11.5 Å². The van der Waals surface area contributed by atoms with Crippen molar-refractivity contribution in [2.45, 2.75) is 73.1 Å². The molecular formula is C22H26N2O6. The fourth-order valence-electron chi connectivity index (χ4n) is 8.20. The summed E-state index contributed by atoms with van der Waals surface area (Å²) in [4.78, 5) is 4.52. The van der Waals surface area contributed by atoms with Crippen molar-refractivity contribution in [3.63, 3.8) is 0 Å². The van der Waals surface area contributed by atoms with Gasteiger partial charge in [-0.05, 0) is 50.9 Å². The Hall–Kier alpha value is -1.42. The van der Waals surface area contributed by atoms with Gasteiger partial charge < -0.3 is 34.1 Å². The van der Waals surface area contributed by atoms with Crippen LogP contribution < -0.4 is 4.74 Å². The third-order valence-electron chi connectivity index (χ3n) is 9.36. The van der Waals surface area contributed by atoms with Crippen LogP contribution in [0.25, 0.3) is 0 Å². The van der Waals surface area contributed by atoms with Crippen molar-refractivity contribution in [2.24, 2.45) is 0 Å². The largest absolute Gasteiger partial charge is 0.504 e. The molecule has 160 valence electrons. The van der Waals surface area contributed by atoms with Crippen LogP contribution in [0.4, 0.5) is 0 Å². The number of ether oxygens (including phenoxy) is 4. The lowest BCUT2D eigenvalue weighted by Gasteiger charge is -2.65. The Morgan fingerprint density at radius 3 is 2.87 bits per heavy atom. The number of piperidine rings is 1. The molecule has 30 heavy (non-hydrogen) atoms. The van der Waals surface area contributed by atoms with Crippen LogP contribution >= 0.6 is 0 Å². The maximum Gasteiger partial charge on any atom is 0.165 e. The highest BCUT2D eigenvalue weighted by Gasteiger charge is 2.80. The maximum absolute atomic E-state index is 12.4. The first-order valence-corrected chi connectivity index (χ1v) is 11.1. The molecule has 1 aromatic rings. The number of likely N-dealkylation sites (tertiary alicyclic amines) is 1. The number of aromatic hydroxyl groups is 1. The van der Waals surface area contributed by atoms with Gasteiger partial charge in [-0.15, -0.1) is 0 Å². The fourth-order valence-corrected chi connectivity index (χ4v) is 8.20. The minimum Gasteiger partial charge on any atom is -0.504 e. The second-order valence-electron chi connectivity index (χ2n) is 10.2. The van der Waals surface area contributed by atoms with Crippen LogP contribution in [0.5, 0.6) is 11.5 Å². The summed E-state index contributed by atoms with van der Waals surface area (Å²) in [5, 5.41) is 23.1. The number of rotatable bonds is 0. The van der Waals surface area contributed by atoms with Gasteiger partial charge in [-0.2, -0.15) is 0 Å². The lowest BCUT2D eigenvalue weighted by molar-refractivity contribution is -0.257. The molecule has 7 aliphatic rings. The lowest BCUT2D eigenvalue weighted by Crippen LogP contribution is -2.80. The second-order valence-corrected chi connectivity index (χ2v) is 10.2. The van der Waals surface area contributed by atoms with E-state index in [9.17, 15) is 10.2 Å². The van der Waals surface area contributed by atoms with Gasteiger partial charge >= 0.3 is 0 Å². The number of phenolic OH excluding ortho intramolecular Hbond substituents is 1. The molecule has 5 aliphatic heterocycles. The highest BCUT2D eigenvalue weighted by molar-refractivity contribution is 5.63. The molecule has 5 heterocycles. The zero-order chi connectivity index (χ0) is 20.0. The first-order valence-electron chi connectivity index (χ1n) is 11.1. The molecule has 2 spiro atoms. The van der Waals surface area contributed by atoms with Gasteiger partial charge in [0.25, 0.3) is 0 Å². The highest BCUT2D eigenvalue weighted by Crippen LogP contribution is 2.69. The van der Waals surface area contributed by atoms with Gasteiger partial charge in [0.1, 0.15) is 30.4 Å². The van der Waals surface area contributed by atoms with Crippen molar-refractivity contribution >= 4 is 0 Å². The number of nitrogens with zero attached hydrogens (tertiary/aromatic N) is 2. The monoisotopic (exact) mass is 414 g/mol. The van der Waals surface area contributed by atoms with Crippen LogP contribution in [0, 0.1) is 0 Å². The molecule has 4 saturated heterocycles. The predicted octanol–water partition coefficient (Wildman–Crippen LogP) is 0.286. The summed E-state index contributed by atoms with van der Waals surface area (Å²) in [6, 6.07) is 3.77. The topological polar surface area (TPSA) is 83.9 Å². The zero-order valence-corrected chi connectivity index (χ0v) is 16.9. The number of hydrogen-bond donors (Lipinski definition) is 2. The summed E-state index contributed by atoms with van der Waals surface area (Å²) >= 11 is 0. The first kappa shape index (κ1) is 17.2. The number of aliphatic hydroxyl groups is 1. The van der Waals surface area contributed by atoms with Crippen LogP contribution in [-0.4, -0.2) is 88.9 Å². The average Bonchev–Trinajstić information content (AvgIpc) is 3.45. The molecule has 8 heteroatoms. The van der Waals surface area contributed by atoms with E-state index in [1.807, 2.05) is 6.07 Å². The van der Waals surface area contributed by atoms with Gasteiger partial charge in [0.2, 0.25) is 0 Å². The van der Waals surface area contributed by atoms with Gasteiger partial charge in [-0.25, -0.2) is 4.90 Å². The van der Waals surface area contributed by atoms with Crippen molar-refractivity contribution < 1.29 is 29.2 Å². The van der Waals surface area contributed by atoms with Crippen LogP contribution in [0.1, 0.15) is 30.4 Å². The van der Waals surface area contributed by atoms with E-state index >= 15 is 0 Å². The molecule has 0 radical (unpaired) electrons. The highest BCUT2D eigenvalue weighted by atomic mass is 16.7. The summed E-state index contributed by atoms with van der Waals surface area (Å²) in [6.07, 6.45) is 1.96. The lowest BCUT2D eigenvalue weighted by atomic mass is 9.46. The molecule has 8 atom stereocenters. The first-order chi connectivity index (χ1) is 14.5. The Balaban J connectivity index is 1.38. The third kappa shape index (κ3) is 1.53. The molecule has 0 aromatic heterocycles. The van der Waals surface area contributed by atoms with Gasteiger partial charge in [-0.1, -0.05) is 6.07 Å². The van der Waals surface area contributed by atoms with E-state index in [0.29, 0.717) is 31.8 Å².